The summed E-state index contributed by atoms with van der Waals surface area (Å²) in [5.41, 5.74) is 0. The van der Waals surface area contributed by atoms with Gasteiger partial charge in [-0.05, 0) is 24.6 Å². The van der Waals surface area contributed by atoms with Crippen molar-refractivity contribution in [1.82, 2.24) is 15.2 Å². The quantitative estimate of drug-likeness (QED) is 0.798. The van der Waals surface area contributed by atoms with Crippen molar-refractivity contribution in [2.75, 3.05) is 7.11 Å². The third kappa shape index (κ3) is 2.91. The second kappa shape index (κ2) is 5.35. The third-order valence-corrected chi connectivity index (χ3v) is 6.08. The van der Waals surface area contributed by atoms with E-state index in [-0.39, 0.29) is 5.15 Å². The maximum Gasteiger partial charge on any atom is 0.351 e. The van der Waals surface area contributed by atoms with Crippen LogP contribution in [0.2, 0.25) is 5.15 Å². The van der Waals surface area contributed by atoms with E-state index in [0.717, 1.165) is 9.35 Å². The van der Waals surface area contributed by atoms with Gasteiger partial charge in [0.05, 0.1) is 7.11 Å². The van der Waals surface area contributed by atoms with Crippen LogP contribution in [0.5, 0.6) is 0 Å². The third-order valence-electron chi connectivity index (χ3n) is 2.46. The first-order valence-corrected chi connectivity index (χ1v) is 8.26. The molecule has 0 N–H and O–H groups in total. The van der Waals surface area contributed by atoms with Gasteiger partial charge in [0.1, 0.15) is 5.01 Å². The first-order valence-electron chi connectivity index (χ1n) is 5.43. The molecule has 1 aliphatic rings. The Morgan fingerprint density at radius 3 is 2.84 bits per heavy atom. The molecule has 5 nitrogen and oxygen atoms in total. The average molecular weight is 334 g/mol. The smallest absolute Gasteiger partial charge is 0.351 e. The molecule has 2 heterocycles. The zero-order valence-electron chi connectivity index (χ0n) is 9.75. The molecule has 0 saturated heterocycles. The van der Waals surface area contributed by atoms with Crippen molar-refractivity contribution in [2.24, 2.45) is 0 Å². The van der Waals surface area contributed by atoms with Gasteiger partial charge in [-0.15, -0.1) is 10.2 Å². The molecule has 100 valence electrons. The van der Waals surface area contributed by atoms with Crippen LogP contribution < -0.4 is 0 Å². The molecule has 0 spiro atoms. The fraction of sp³-hybridized carbons (Fsp3) is 0.400. The number of methoxy groups -OCH3 is 1. The lowest BCUT2D eigenvalue weighted by molar-refractivity contribution is 0.0606. The zero-order valence-corrected chi connectivity index (χ0v) is 13.0. The number of ether oxygens (including phenoxy) is 1. The highest BCUT2D eigenvalue weighted by molar-refractivity contribution is 8.02. The van der Waals surface area contributed by atoms with Crippen LogP contribution in [-0.4, -0.2) is 28.3 Å². The van der Waals surface area contributed by atoms with Crippen LogP contribution in [-0.2, 0) is 4.74 Å². The highest BCUT2D eigenvalue weighted by Gasteiger charge is 2.28. The largest absolute Gasteiger partial charge is 0.465 e. The highest BCUT2D eigenvalue weighted by atomic mass is 35.5. The standard InChI is InChI=1S/C10H8ClN3O2S3/c1-16-8(15)5-6(11)12-9(17-5)19-10-14-13-7(18-10)4-2-3-4/h4H,2-3H2,1H3. The number of rotatable bonds is 4. The summed E-state index contributed by atoms with van der Waals surface area (Å²) in [7, 11) is 1.32. The molecule has 0 atom stereocenters. The van der Waals surface area contributed by atoms with E-state index in [1.54, 1.807) is 11.3 Å². The van der Waals surface area contributed by atoms with Gasteiger partial charge in [0, 0.05) is 5.92 Å². The molecule has 0 aliphatic heterocycles. The number of esters is 1. The molecule has 9 heteroatoms. The average Bonchev–Trinajstić information content (AvgIpc) is 3.05. The first kappa shape index (κ1) is 13.3. The van der Waals surface area contributed by atoms with Crippen LogP contribution in [0.15, 0.2) is 8.68 Å². The Balaban J connectivity index is 1.76. The molecule has 0 aromatic carbocycles. The molecule has 3 rings (SSSR count). The van der Waals surface area contributed by atoms with Gasteiger partial charge in [0.15, 0.2) is 18.7 Å². The summed E-state index contributed by atoms with van der Waals surface area (Å²) >= 11 is 10.1. The lowest BCUT2D eigenvalue weighted by Gasteiger charge is -1.92. The van der Waals surface area contributed by atoms with Gasteiger partial charge in [-0.25, -0.2) is 9.78 Å². The number of carbonyl (C=O) groups excluding carboxylic acids is 1. The minimum Gasteiger partial charge on any atom is -0.465 e. The number of thiazole rings is 1. The van der Waals surface area contributed by atoms with Crippen molar-refractivity contribution in [2.45, 2.75) is 27.4 Å². The molecule has 1 saturated carbocycles. The predicted octanol–water partition coefficient (Wildman–Crippen LogP) is 3.46. The van der Waals surface area contributed by atoms with Gasteiger partial charge < -0.3 is 4.74 Å². The lowest BCUT2D eigenvalue weighted by Crippen LogP contribution is -1.98. The van der Waals surface area contributed by atoms with Crippen LogP contribution in [0.3, 0.4) is 0 Å². The Labute approximate surface area is 126 Å². The predicted molar refractivity (Wildman–Crippen MR) is 74.5 cm³/mol. The Bertz CT molecular complexity index is 623. The minimum atomic E-state index is -0.467. The van der Waals surface area contributed by atoms with Crippen molar-refractivity contribution in [1.29, 1.82) is 0 Å². The molecule has 1 aliphatic carbocycles. The Hall–Kier alpha value is -0.700. The van der Waals surface area contributed by atoms with Crippen LogP contribution in [0, 0.1) is 0 Å². The highest BCUT2D eigenvalue weighted by Crippen LogP contribution is 2.44. The number of hydrogen-bond donors (Lipinski definition) is 0. The Morgan fingerprint density at radius 1 is 1.37 bits per heavy atom. The van der Waals surface area contributed by atoms with Crippen molar-refractivity contribution >= 4 is 52.0 Å². The SMILES string of the molecule is COC(=O)c1sc(Sc2nnc(C3CC3)s2)nc1Cl. The van der Waals surface area contributed by atoms with Gasteiger partial charge >= 0.3 is 5.97 Å². The fourth-order valence-corrected chi connectivity index (χ4v) is 4.95. The fourth-order valence-electron chi connectivity index (χ4n) is 1.38. The molecule has 2 aromatic rings. The van der Waals surface area contributed by atoms with Gasteiger partial charge in [0.25, 0.3) is 0 Å². The maximum absolute atomic E-state index is 11.4. The minimum absolute atomic E-state index is 0.172. The van der Waals surface area contributed by atoms with Gasteiger partial charge in [-0.2, -0.15) is 0 Å². The van der Waals surface area contributed by atoms with E-state index < -0.39 is 5.97 Å². The van der Waals surface area contributed by atoms with E-state index in [0.29, 0.717) is 15.1 Å². The summed E-state index contributed by atoms with van der Waals surface area (Å²) in [6.07, 6.45) is 2.41. The van der Waals surface area contributed by atoms with E-state index in [9.17, 15) is 4.79 Å². The van der Waals surface area contributed by atoms with Crippen molar-refractivity contribution in [3.8, 4) is 0 Å². The summed E-state index contributed by atoms with van der Waals surface area (Å²) in [5, 5.41) is 9.52. The molecule has 0 radical (unpaired) electrons. The molecular weight excluding hydrogens is 326 g/mol. The number of carbonyl (C=O) groups is 1. The summed E-state index contributed by atoms with van der Waals surface area (Å²) in [5.74, 6) is 0.127. The number of hydrogen-bond acceptors (Lipinski definition) is 8. The maximum atomic E-state index is 11.4. The number of aromatic nitrogens is 3. The monoisotopic (exact) mass is 333 g/mol. The van der Waals surface area contributed by atoms with Crippen molar-refractivity contribution in [3.05, 3.63) is 15.0 Å². The van der Waals surface area contributed by atoms with E-state index in [2.05, 4.69) is 19.9 Å². The number of nitrogens with zero attached hydrogens (tertiary/aromatic N) is 3. The van der Waals surface area contributed by atoms with Crippen LogP contribution in [0.1, 0.15) is 33.4 Å². The first-order chi connectivity index (χ1) is 9.17. The second-order valence-electron chi connectivity index (χ2n) is 3.87. The van der Waals surface area contributed by atoms with E-state index >= 15 is 0 Å². The second-order valence-corrected chi connectivity index (χ2v) is 7.73. The number of halogens is 1. The van der Waals surface area contributed by atoms with Gasteiger partial charge in [-0.3, -0.25) is 0 Å². The molecular formula is C10H8ClN3O2S3. The molecule has 2 aromatic heterocycles. The summed E-state index contributed by atoms with van der Waals surface area (Å²) in [6.45, 7) is 0. The van der Waals surface area contributed by atoms with E-state index in [1.807, 2.05) is 0 Å². The topological polar surface area (TPSA) is 65.0 Å². The van der Waals surface area contributed by atoms with Crippen LogP contribution >= 0.6 is 46.0 Å². The Morgan fingerprint density at radius 2 is 2.16 bits per heavy atom. The summed E-state index contributed by atoms with van der Waals surface area (Å²) in [4.78, 5) is 15.9. The Kier molecular flexibility index (Phi) is 3.75. The molecule has 0 amide bonds. The van der Waals surface area contributed by atoms with E-state index in [4.69, 9.17) is 11.6 Å². The molecule has 1 fully saturated rings. The normalized spacial score (nSPS) is 14.6. The van der Waals surface area contributed by atoms with Gasteiger partial charge in [-0.1, -0.05) is 34.3 Å². The van der Waals surface area contributed by atoms with Crippen LogP contribution in [0.4, 0.5) is 0 Å². The summed E-state index contributed by atoms with van der Waals surface area (Å²) < 4.78 is 6.13. The van der Waals surface area contributed by atoms with Crippen molar-refractivity contribution in [3.63, 3.8) is 0 Å². The molecule has 19 heavy (non-hydrogen) atoms. The molecule has 0 bridgehead atoms. The summed E-state index contributed by atoms with van der Waals surface area (Å²) in [6, 6.07) is 0. The van der Waals surface area contributed by atoms with Crippen LogP contribution in [0.25, 0.3) is 0 Å². The lowest BCUT2D eigenvalue weighted by atomic mass is 10.5. The molecule has 0 unspecified atom stereocenters. The van der Waals surface area contributed by atoms with Gasteiger partial charge in [0.2, 0.25) is 0 Å². The van der Waals surface area contributed by atoms with Crippen molar-refractivity contribution < 1.29 is 9.53 Å². The van der Waals surface area contributed by atoms with E-state index in [1.165, 1.54) is 43.1 Å². The zero-order chi connectivity index (χ0) is 13.4.